The molecule has 0 aliphatic carbocycles. The van der Waals surface area contributed by atoms with Crippen LogP contribution in [0.1, 0.15) is 17.5 Å². The molecule has 0 spiro atoms. The molecule has 1 aliphatic heterocycles. The number of rotatable bonds is 2. The lowest BCUT2D eigenvalue weighted by molar-refractivity contribution is 0.598. The van der Waals surface area contributed by atoms with Gasteiger partial charge in [-0.2, -0.15) is 8.42 Å². The van der Waals surface area contributed by atoms with E-state index in [9.17, 15) is 8.42 Å². The Morgan fingerprint density at radius 2 is 1.82 bits per heavy atom. The Labute approximate surface area is 138 Å². The van der Waals surface area contributed by atoms with Crippen LogP contribution in [0.4, 0.5) is 5.69 Å². The molecule has 0 atom stereocenters. The van der Waals surface area contributed by atoms with Gasteiger partial charge in [-0.25, -0.2) is 0 Å². The van der Waals surface area contributed by atoms with Crippen molar-refractivity contribution in [2.45, 2.75) is 24.7 Å². The van der Waals surface area contributed by atoms with Crippen LogP contribution in [0.3, 0.4) is 0 Å². The maximum Gasteiger partial charge on any atom is 0.283 e. The second-order valence-electron chi connectivity index (χ2n) is 5.25. The van der Waals surface area contributed by atoms with Crippen molar-refractivity contribution in [1.29, 1.82) is 0 Å². The van der Waals surface area contributed by atoms with Crippen LogP contribution in [0.2, 0.25) is 0 Å². The first-order valence-corrected chi connectivity index (χ1v) is 9.13. The number of hydrogen-bond donors (Lipinski definition) is 1. The minimum atomic E-state index is -3.67. The number of hydrogen-bond acceptors (Lipinski definition) is 2. The molecular weight excluding hydrogens is 364 g/mol. The third kappa shape index (κ3) is 3.23. The van der Waals surface area contributed by atoms with Crippen molar-refractivity contribution in [2.24, 2.45) is 4.40 Å². The third-order valence-corrected chi connectivity index (χ3v) is 5.35. The fourth-order valence-corrected chi connectivity index (χ4v) is 3.76. The highest BCUT2D eigenvalue weighted by atomic mass is 79.9. The number of nitrogens with zero attached hydrogens (tertiary/aromatic N) is 1. The molecule has 0 saturated carbocycles. The fraction of sp³-hybridized carbons (Fsp3) is 0.188. The molecule has 0 radical (unpaired) electrons. The summed E-state index contributed by atoms with van der Waals surface area (Å²) in [5.74, 6) is 0.482. The van der Waals surface area contributed by atoms with Gasteiger partial charge in [-0.05, 0) is 49.2 Å². The second-order valence-corrected chi connectivity index (χ2v) is 7.77. The molecule has 6 heteroatoms. The summed E-state index contributed by atoms with van der Waals surface area (Å²) in [6.45, 7) is 1.92. The zero-order valence-corrected chi connectivity index (χ0v) is 14.4. The number of halogens is 1. The number of amidine groups is 1. The number of fused-ring (bicyclic) bond motifs is 1. The van der Waals surface area contributed by atoms with E-state index in [2.05, 4.69) is 25.6 Å². The Balaban J connectivity index is 1.89. The predicted molar refractivity (Wildman–Crippen MR) is 91.9 cm³/mol. The largest absolute Gasteiger partial charge is 0.343 e. The Kier molecular flexibility index (Phi) is 4.06. The van der Waals surface area contributed by atoms with E-state index in [1.807, 2.05) is 25.1 Å². The first-order chi connectivity index (χ1) is 10.4. The summed E-state index contributed by atoms with van der Waals surface area (Å²) in [6, 6.07) is 12.6. The van der Waals surface area contributed by atoms with Gasteiger partial charge in [0.25, 0.3) is 10.0 Å². The van der Waals surface area contributed by atoms with Gasteiger partial charge in [0, 0.05) is 16.6 Å². The van der Waals surface area contributed by atoms with Gasteiger partial charge in [-0.1, -0.05) is 33.6 Å². The first-order valence-electron chi connectivity index (χ1n) is 6.90. The fourth-order valence-electron chi connectivity index (χ4n) is 2.34. The van der Waals surface area contributed by atoms with Crippen molar-refractivity contribution in [3.63, 3.8) is 0 Å². The SMILES string of the molecule is Cc1ccc(S(=O)(=O)N=C2CCc3cc(Br)ccc3N2)cc1. The zero-order valence-electron chi connectivity index (χ0n) is 12.0. The molecule has 0 unspecified atom stereocenters. The molecule has 4 nitrogen and oxygen atoms in total. The normalized spacial score (nSPS) is 16.2. The standard InChI is InChI=1S/C16H15BrN2O2S/c1-11-2-6-14(7-3-11)22(20,21)19-16-9-4-12-10-13(17)5-8-15(12)18-16/h2-3,5-8,10H,4,9H2,1H3,(H,18,19). The highest BCUT2D eigenvalue weighted by Crippen LogP contribution is 2.27. The molecule has 1 heterocycles. The van der Waals surface area contributed by atoms with Crippen molar-refractivity contribution < 1.29 is 8.42 Å². The minimum absolute atomic E-state index is 0.217. The van der Waals surface area contributed by atoms with Crippen LogP contribution in [0.15, 0.2) is 56.2 Å². The number of nitrogens with one attached hydrogen (secondary N) is 1. The van der Waals surface area contributed by atoms with Gasteiger partial charge in [0.15, 0.2) is 0 Å². The minimum Gasteiger partial charge on any atom is -0.343 e. The van der Waals surface area contributed by atoms with Crippen LogP contribution < -0.4 is 5.32 Å². The lowest BCUT2D eigenvalue weighted by Crippen LogP contribution is -2.21. The molecule has 22 heavy (non-hydrogen) atoms. The summed E-state index contributed by atoms with van der Waals surface area (Å²) >= 11 is 3.44. The summed E-state index contributed by atoms with van der Waals surface area (Å²) in [7, 11) is -3.67. The van der Waals surface area contributed by atoms with Gasteiger partial charge < -0.3 is 5.32 Å². The van der Waals surface area contributed by atoms with Gasteiger partial charge in [0.05, 0.1) is 4.90 Å². The quantitative estimate of drug-likeness (QED) is 0.861. The summed E-state index contributed by atoms with van der Waals surface area (Å²) in [5, 5.41) is 3.11. The Bertz CT molecular complexity index is 843. The molecule has 1 N–H and O–H groups in total. The number of benzene rings is 2. The zero-order chi connectivity index (χ0) is 15.7. The molecule has 0 saturated heterocycles. The van der Waals surface area contributed by atoms with Gasteiger partial charge in [-0.15, -0.1) is 4.40 Å². The molecule has 3 rings (SSSR count). The van der Waals surface area contributed by atoms with E-state index in [-0.39, 0.29) is 4.90 Å². The molecule has 0 fully saturated rings. The average molecular weight is 379 g/mol. The topological polar surface area (TPSA) is 58.5 Å². The van der Waals surface area contributed by atoms with Gasteiger partial charge in [0.2, 0.25) is 0 Å². The highest BCUT2D eigenvalue weighted by molar-refractivity contribution is 9.10. The van der Waals surface area contributed by atoms with E-state index in [0.29, 0.717) is 12.3 Å². The van der Waals surface area contributed by atoms with Crippen molar-refractivity contribution in [3.8, 4) is 0 Å². The van der Waals surface area contributed by atoms with E-state index >= 15 is 0 Å². The van der Waals surface area contributed by atoms with E-state index < -0.39 is 10.0 Å². The van der Waals surface area contributed by atoms with E-state index in [1.165, 1.54) is 0 Å². The number of sulfonamides is 1. The van der Waals surface area contributed by atoms with Crippen LogP contribution in [0.5, 0.6) is 0 Å². The summed E-state index contributed by atoms with van der Waals surface area (Å²) in [4.78, 5) is 0.217. The van der Waals surface area contributed by atoms with Crippen molar-refractivity contribution in [2.75, 3.05) is 5.32 Å². The van der Waals surface area contributed by atoms with E-state index in [0.717, 1.165) is 27.7 Å². The smallest absolute Gasteiger partial charge is 0.283 e. The van der Waals surface area contributed by atoms with Gasteiger partial charge in [0.1, 0.15) is 5.84 Å². The maximum atomic E-state index is 12.3. The monoisotopic (exact) mass is 378 g/mol. The van der Waals surface area contributed by atoms with Crippen LogP contribution in [0, 0.1) is 6.92 Å². The molecule has 0 bridgehead atoms. The highest BCUT2D eigenvalue weighted by Gasteiger charge is 2.18. The molecule has 0 amide bonds. The molecule has 114 valence electrons. The predicted octanol–water partition coefficient (Wildman–Crippen LogP) is 3.90. The van der Waals surface area contributed by atoms with Crippen LogP contribution in [-0.4, -0.2) is 14.3 Å². The lowest BCUT2D eigenvalue weighted by atomic mass is 10.0. The summed E-state index contributed by atoms with van der Waals surface area (Å²) in [6.07, 6.45) is 1.35. The number of anilines is 1. The molecule has 0 aromatic heterocycles. The molecule has 1 aliphatic rings. The summed E-state index contributed by atoms with van der Waals surface area (Å²) in [5.41, 5.74) is 3.08. The van der Waals surface area contributed by atoms with Gasteiger partial charge in [-0.3, -0.25) is 0 Å². The lowest BCUT2D eigenvalue weighted by Gasteiger charge is -2.19. The van der Waals surface area contributed by atoms with Crippen molar-refractivity contribution >= 4 is 37.5 Å². The van der Waals surface area contributed by atoms with Crippen LogP contribution in [0.25, 0.3) is 0 Å². The van der Waals surface area contributed by atoms with E-state index in [4.69, 9.17) is 0 Å². The van der Waals surface area contributed by atoms with Crippen molar-refractivity contribution in [1.82, 2.24) is 0 Å². The van der Waals surface area contributed by atoms with Crippen LogP contribution >= 0.6 is 15.9 Å². The third-order valence-electron chi connectivity index (χ3n) is 3.53. The summed E-state index contributed by atoms with van der Waals surface area (Å²) < 4.78 is 29.7. The molecule has 2 aromatic carbocycles. The Morgan fingerprint density at radius 3 is 2.55 bits per heavy atom. The Morgan fingerprint density at radius 1 is 1.09 bits per heavy atom. The van der Waals surface area contributed by atoms with E-state index in [1.54, 1.807) is 24.3 Å². The first kappa shape index (κ1) is 15.2. The van der Waals surface area contributed by atoms with Crippen LogP contribution in [-0.2, 0) is 16.4 Å². The Hall–Kier alpha value is -1.66. The second kappa shape index (κ2) is 5.85. The molecule has 2 aromatic rings. The molecular formula is C16H15BrN2O2S. The van der Waals surface area contributed by atoms with Gasteiger partial charge >= 0.3 is 0 Å². The van der Waals surface area contributed by atoms with Crippen molar-refractivity contribution in [3.05, 3.63) is 58.1 Å². The number of aryl methyl sites for hydroxylation is 2. The maximum absolute atomic E-state index is 12.3. The average Bonchev–Trinajstić information content (AvgIpc) is 2.47.